The Labute approximate surface area is 83.0 Å². The van der Waals surface area contributed by atoms with Crippen LogP contribution in [0.3, 0.4) is 0 Å². The first kappa shape index (κ1) is 13.6. The highest BCUT2D eigenvalue weighted by atomic mass is 31.2. The van der Waals surface area contributed by atoms with Crippen LogP contribution in [-0.4, -0.2) is 28.0 Å². The largest absolute Gasteiger partial charge is 0.344 e. The van der Waals surface area contributed by atoms with Gasteiger partial charge in [-0.1, -0.05) is 20.3 Å². The molecule has 0 bridgehead atoms. The van der Waals surface area contributed by atoms with Crippen molar-refractivity contribution in [1.29, 1.82) is 0 Å². The Kier molecular flexibility index (Phi) is 5.29. The first-order valence-electron chi connectivity index (χ1n) is 4.35. The Morgan fingerprint density at radius 3 is 2.43 bits per heavy atom. The Bertz CT molecular complexity index is 240. The summed E-state index contributed by atoms with van der Waals surface area (Å²) in [7, 11) is -4.19. The number of rotatable bonds is 5. The van der Waals surface area contributed by atoms with E-state index < -0.39 is 25.8 Å². The Morgan fingerprint density at radius 2 is 2.07 bits per heavy atom. The van der Waals surface area contributed by atoms with Gasteiger partial charge in [0.15, 0.2) is 0 Å². The zero-order valence-corrected chi connectivity index (χ0v) is 9.20. The van der Waals surface area contributed by atoms with E-state index in [1.54, 1.807) is 0 Å². The molecule has 0 aromatic heterocycles. The predicted molar refractivity (Wildman–Crippen MR) is 52.5 cm³/mol. The summed E-state index contributed by atoms with van der Waals surface area (Å²) in [6.07, 6.45) is 0.0838. The van der Waals surface area contributed by atoms with Crippen molar-refractivity contribution in [3.63, 3.8) is 0 Å². The highest BCUT2D eigenvalue weighted by Crippen LogP contribution is 2.31. The second kappa shape index (κ2) is 5.46. The van der Waals surface area contributed by atoms with E-state index in [0.717, 1.165) is 6.42 Å². The fraction of sp³-hybridized carbons (Fsp3) is 0.857. The second-order valence-corrected chi connectivity index (χ2v) is 4.92. The van der Waals surface area contributed by atoms with Crippen molar-refractivity contribution in [1.82, 2.24) is 5.32 Å². The van der Waals surface area contributed by atoms with Gasteiger partial charge in [0.05, 0.1) is 6.04 Å². The Hall–Kier alpha value is -0.420. The molecule has 0 rings (SSSR count). The number of nitrogens with one attached hydrogen (secondary N) is 1. The van der Waals surface area contributed by atoms with Crippen molar-refractivity contribution >= 4 is 13.5 Å². The molecule has 0 aliphatic carbocycles. The van der Waals surface area contributed by atoms with E-state index in [9.17, 15) is 9.36 Å². The van der Waals surface area contributed by atoms with E-state index in [1.165, 1.54) is 0 Å². The van der Waals surface area contributed by atoms with Gasteiger partial charge >= 0.3 is 7.60 Å². The van der Waals surface area contributed by atoms with Gasteiger partial charge in [0, 0.05) is 0 Å². The molecular formula is C7H17N2O4P. The standard InChI is InChI=1S/C7H17N2O4P/c1-3-5(2)6(8)7(10)9-4-14(11,12)13/h5-6H,3-4,8H2,1-2H3,(H,9,10)(H2,11,12,13)/t5-,6-/m0/s1. The maximum absolute atomic E-state index is 11.2. The van der Waals surface area contributed by atoms with Crippen molar-refractivity contribution < 1.29 is 19.1 Å². The molecule has 84 valence electrons. The van der Waals surface area contributed by atoms with Crippen LogP contribution in [-0.2, 0) is 9.36 Å². The zero-order valence-electron chi connectivity index (χ0n) is 8.30. The molecular weight excluding hydrogens is 207 g/mol. The van der Waals surface area contributed by atoms with Crippen LogP contribution >= 0.6 is 7.60 Å². The fourth-order valence-electron chi connectivity index (χ4n) is 0.811. The van der Waals surface area contributed by atoms with Crippen LogP contribution in [0.4, 0.5) is 0 Å². The van der Waals surface area contributed by atoms with E-state index in [2.05, 4.69) is 5.32 Å². The maximum Gasteiger partial charge on any atom is 0.344 e. The molecule has 1 amide bonds. The van der Waals surface area contributed by atoms with Gasteiger partial charge in [-0.15, -0.1) is 0 Å². The summed E-state index contributed by atoms with van der Waals surface area (Å²) in [5, 5.41) is 2.11. The first-order valence-corrected chi connectivity index (χ1v) is 6.15. The molecule has 0 radical (unpaired) electrons. The lowest BCUT2D eigenvalue weighted by Crippen LogP contribution is -2.44. The first-order chi connectivity index (χ1) is 6.28. The molecule has 0 saturated carbocycles. The number of hydrogen-bond acceptors (Lipinski definition) is 3. The van der Waals surface area contributed by atoms with Crippen LogP contribution in [0.2, 0.25) is 0 Å². The summed E-state index contributed by atoms with van der Waals surface area (Å²) < 4.78 is 10.4. The van der Waals surface area contributed by atoms with Crippen molar-refractivity contribution in [2.75, 3.05) is 6.29 Å². The molecule has 5 N–H and O–H groups in total. The molecule has 0 saturated heterocycles. The molecule has 0 unspecified atom stereocenters. The number of carbonyl (C=O) groups excluding carboxylic acids is 1. The van der Waals surface area contributed by atoms with Gasteiger partial charge in [-0.05, 0) is 5.92 Å². The summed E-state index contributed by atoms with van der Waals surface area (Å²) >= 11 is 0. The lowest BCUT2D eigenvalue weighted by molar-refractivity contribution is -0.123. The molecule has 0 aliphatic rings. The van der Waals surface area contributed by atoms with Crippen molar-refractivity contribution in [2.45, 2.75) is 26.3 Å². The SMILES string of the molecule is CC[C@H](C)[C@H](N)C(=O)NCP(=O)(O)O. The van der Waals surface area contributed by atoms with Gasteiger partial charge in [0.2, 0.25) is 5.91 Å². The molecule has 0 aliphatic heterocycles. The molecule has 2 atom stereocenters. The van der Waals surface area contributed by atoms with Crippen LogP contribution in [0, 0.1) is 5.92 Å². The molecule has 0 aromatic carbocycles. The summed E-state index contributed by atoms with van der Waals surface area (Å²) in [6, 6.07) is -0.716. The van der Waals surface area contributed by atoms with Gasteiger partial charge in [-0.2, -0.15) is 0 Å². The smallest absolute Gasteiger partial charge is 0.343 e. The van der Waals surface area contributed by atoms with Crippen molar-refractivity contribution in [3.8, 4) is 0 Å². The summed E-state index contributed by atoms with van der Waals surface area (Å²) in [5.41, 5.74) is 5.54. The quantitative estimate of drug-likeness (QED) is 0.475. The monoisotopic (exact) mass is 224 g/mol. The third-order valence-electron chi connectivity index (χ3n) is 2.02. The Morgan fingerprint density at radius 1 is 1.57 bits per heavy atom. The minimum Gasteiger partial charge on any atom is -0.343 e. The summed E-state index contributed by atoms with van der Waals surface area (Å²) in [4.78, 5) is 28.2. The van der Waals surface area contributed by atoms with Gasteiger partial charge in [0.1, 0.15) is 6.29 Å². The third-order valence-corrected chi connectivity index (χ3v) is 2.59. The van der Waals surface area contributed by atoms with Crippen LogP contribution in [0.1, 0.15) is 20.3 Å². The normalized spacial score (nSPS) is 16.1. The zero-order chi connectivity index (χ0) is 11.4. The van der Waals surface area contributed by atoms with E-state index in [4.69, 9.17) is 15.5 Å². The third kappa shape index (κ3) is 5.34. The average molecular weight is 224 g/mol. The lowest BCUT2D eigenvalue weighted by atomic mass is 10.00. The molecule has 0 fully saturated rings. The number of amides is 1. The molecule has 7 heteroatoms. The van der Waals surface area contributed by atoms with Crippen LogP contribution in [0.5, 0.6) is 0 Å². The highest BCUT2D eigenvalue weighted by molar-refractivity contribution is 7.51. The number of hydrogen-bond donors (Lipinski definition) is 4. The maximum atomic E-state index is 11.2. The van der Waals surface area contributed by atoms with E-state index in [-0.39, 0.29) is 5.92 Å². The summed E-state index contributed by atoms with van der Waals surface area (Å²) in [5.74, 6) is -0.533. The molecule has 14 heavy (non-hydrogen) atoms. The minimum absolute atomic E-state index is 0.00762. The Balaban J connectivity index is 4.03. The second-order valence-electron chi connectivity index (χ2n) is 3.28. The lowest BCUT2D eigenvalue weighted by Gasteiger charge is -2.17. The van der Waals surface area contributed by atoms with Crippen LogP contribution in [0.15, 0.2) is 0 Å². The molecule has 0 spiro atoms. The minimum atomic E-state index is -4.19. The van der Waals surface area contributed by atoms with Gasteiger partial charge in [-0.25, -0.2) is 0 Å². The van der Waals surface area contributed by atoms with Gasteiger partial charge < -0.3 is 20.8 Å². The predicted octanol–water partition coefficient (Wildman–Crippen LogP) is -0.389. The summed E-state index contributed by atoms with van der Waals surface area (Å²) in [6.45, 7) is 3.70. The topological polar surface area (TPSA) is 113 Å². The fourth-order valence-corrected chi connectivity index (χ4v) is 1.17. The van der Waals surface area contributed by atoms with Gasteiger partial charge in [-0.3, -0.25) is 9.36 Å². The van der Waals surface area contributed by atoms with Crippen LogP contribution in [0.25, 0.3) is 0 Å². The molecule has 0 aromatic rings. The number of nitrogens with two attached hydrogens (primary N) is 1. The van der Waals surface area contributed by atoms with Crippen LogP contribution < -0.4 is 11.1 Å². The van der Waals surface area contributed by atoms with Gasteiger partial charge in [0.25, 0.3) is 0 Å². The van der Waals surface area contributed by atoms with Crippen molar-refractivity contribution in [2.24, 2.45) is 11.7 Å². The molecule has 0 heterocycles. The van der Waals surface area contributed by atoms with E-state index in [0.29, 0.717) is 0 Å². The van der Waals surface area contributed by atoms with E-state index >= 15 is 0 Å². The molecule has 6 nitrogen and oxygen atoms in total. The van der Waals surface area contributed by atoms with E-state index in [1.807, 2.05) is 13.8 Å². The average Bonchev–Trinajstić information content (AvgIpc) is 2.10. The highest BCUT2D eigenvalue weighted by Gasteiger charge is 2.21. The number of carbonyl (C=O) groups is 1. The van der Waals surface area contributed by atoms with Crippen molar-refractivity contribution in [3.05, 3.63) is 0 Å².